The fourth-order valence-electron chi connectivity index (χ4n) is 1.04. The molecule has 0 aliphatic carbocycles. The molecule has 0 aliphatic heterocycles. The Balaban J connectivity index is 2.58. The number of oxime groups is 1. The van der Waals surface area contributed by atoms with Gasteiger partial charge in [-0.1, -0.05) is 35.0 Å². The summed E-state index contributed by atoms with van der Waals surface area (Å²) in [6.07, 6.45) is 2.91. The van der Waals surface area contributed by atoms with E-state index in [2.05, 4.69) is 5.16 Å². The Labute approximate surface area is 111 Å². The molecule has 1 rings (SSSR count). The Morgan fingerprint density at radius 2 is 2.06 bits per heavy atom. The van der Waals surface area contributed by atoms with E-state index in [9.17, 15) is 4.79 Å². The van der Waals surface area contributed by atoms with Crippen molar-refractivity contribution in [3.63, 3.8) is 0 Å². The van der Waals surface area contributed by atoms with Crippen molar-refractivity contribution in [3.05, 3.63) is 40.9 Å². The molecule has 2 N–H and O–H groups in total. The Morgan fingerprint density at radius 1 is 1.44 bits per heavy atom. The molecule has 0 aromatic heterocycles. The van der Waals surface area contributed by atoms with Crippen molar-refractivity contribution in [2.45, 2.75) is 20.0 Å². The lowest BCUT2D eigenvalue weighted by Gasteiger charge is -2.04. The zero-order valence-corrected chi connectivity index (χ0v) is 11.0. The van der Waals surface area contributed by atoms with Crippen LogP contribution in [0, 0.1) is 0 Å². The minimum absolute atomic E-state index is 0.548. The molecule has 0 saturated carbocycles. The molecule has 1 aromatic carbocycles. The van der Waals surface area contributed by atoms with Crippen LogP contribution in [-0.4, -0.2) is 17.7 Å². The van der Waals surface area contributed by atoms with Crippen LogP contribution >= 0.6 is 11.6 Å². The molecule has 1 aromatic rings. The summed E-state index contributed by atoms with van der Waals surface area (Å²) in [5.74, 6) is -0.548. The summed E-state index contributed by atoms with van der Waals surface area (Å²) in [7, 11) is 0. The van der Waals surface area contributed by atoms with E-state index in [1.807, 2.05) is 18.2 Å². The molecular formula is C13H15ClN2O2. The van der Waals surface area contributed by atoms with Gasteiger partial charge in [-0.3, -0.25) is 4.79 Å². The first-order valence-electron chi connectivity index (χ1n) is 5.42. The second-order valence-corrected chi connectivity index (χ2v) is 4.20. The molecule has 0 bridgehead atoms. The maximum absolute atomic E-state index is 10.7. The fourth-order valence-corrected chi connectivity index (χ4v) is 1.16. The molecule has 0 aliphatic rings. The number of allylic oxidation sites excluding steroid dienone is 1. The smallest absolute Gasteiger partial charge is 0.261 e. The first kappa shape index (κ1) is 14.3. The number of carbonyl (C=O) groups is 1. The first-order valence-corrected chi connectivity index (χ1v) is 5.80. The van der Waals surface area contributed by atoms with Crippen LogP contribution in [0.25, 0.3) is 6.08 Å². The fraction of sp³-hybridized carbons (Fsp3) is 0.231. The van der Waals surface area contributed by atoms with Crippen LogP contribution in [0.15, 0.2) is 35.5 Å². The predicted molar refractivity (Wildman–Crippen MR) is 73.3 cm³/mol. The van der Waals surface area contributed by atoms with Gasteiger partial charge >= 0.3 is 0 Å². The Kier molecular flexibility index (Phi) is 5.39. The highest BCUT2D eigenvalue weighted by atomic mass is 35.5. The third kappa shape index (κ3) is 5.01. The minimum Gasteiger partial charge on any atom is -0.382 e. The van der Waals surface area contributed by atoms with Gasteiger partial charge in [0.2, 0.25) is 6.10 Å². The number of hydrogen-bond donors (Lipinski definition) is 1. The lowest BCUT2D eigenvalue weighted by molar-refractivity contribution is -0.128. The number of nitrogens with two attached hydrogens (primary N) is 1. The summed E-state index contributed by atoms with van der Waals surface area (Å²) >= 11 is 5.78. The number of benzene rings is 1. The normalized spacial score (nSPS) is 13.6. The number of nitrogens with zero attached hydrogens (tertiary/aromatic N) is 1. The number of halogens is 1. The standard InChI is InChI=1S/C13H15ClN2O2/c1-9(16-18-10(2)13(15)17)3-4-11-5-7-12(14)8-6-11/h3-8,10H,1-2H3,(H2,15,17)/b4-3+,16-9+. The topological polar surface area (TPSA) is 64.7 Å². The van der Waals surface area contributed by atoms with Crippen LogP contribution in [0.5, 0.6) is 0 Å². The number of primary amides is 1. The third-order valence-corrected chi connectivity index (χ3v) is 2.39. The zero-order valence-electron chi connectivity index (χ0n) is 10.3. The van der Waals surface area contributed by atoms with Gasteiger partial charge in [-0.05, 0) is 37.6 Å². The maximum Gasteiger partial charge on any atom is 0.261 e. The van der Waals surface area contributed by atoms with E-state index in [1.165, 1.54) is 0 Å². The van der Waals surface area contributed by atoms with Gasteiger partial charge in [-0.25, -0.2) is 0 Å². The van der Waals surface area contributed by atoms with Crippen molar-refractivity contribution in [2.75, 3.05) is 0 Å². The van der Waals surface area contributed by atoms with Crippen LogP contribution in [0.1, 0.15) is 19.4 Å². The average molecular weight is 267 g/mol. The van der Waals surface area contributed by atoms with E-state index in [4.69, 9.17) is 22.2 Å². The summed E-state index contributed by atoms with van der Waals surface area (Å²) in [6, 6.07) is 7.39. The predicted octanol–water partition coefficient (Wildman–Crippen LogP) is 2.62. The molecule has 18 heavy (non-hydrogen) atoms. The average Bonchev–Trinajstić information content (AvgIpc) is 2.35. The van der Waals surface area contributed by atoms with E-state index in [0.29, 0.717) is 10.7 Å². The van der Waals surface area contributed by atoms with Gasteiger partial charge in [0.1, 0.15) is 0 Å². The minimum atomic E-state index is -0.733. The molecule has 5 heteroatoms. The molecule has 0 fully saturated rings. The van der Waals surface area contributed by atoms with Gasteiger partial charge in [0.05, 0.1) is 5.71 Å². The van der Waals surface area contributed by atoms with Crippen molar-refractivity contribution >= 4 is 29.3 Å². The highest BCUT2D eigenvalue weighted by Crippen LogP contribution is 2.10. The molecule has 0 heterocycles. The van der Waals surface area contributed by atoms with Gasteiger partial charge in [-0.2, -0.15) is 0 Å². The highest BCUT2D eigenvalue weighted by molar-refractivity contribution is 6.30. The van der Waals surface area contributed by atoms with Gasteiger partial charge in [0, 0.05) is 5.02 Å². The summed E-state index contributed by atoms with van der Waals surface area (Å²) < 4.78 is 0. The molecule has 0 radical (unpaired) electrons. The highest BCUT2D eigenvalue weighted by Gasteiger charge is 2.07. The monoisotopic (exact) mass is 266 g/mol. The second kappa shape index (κ2) is 6.81. The molecular weight excluding hydrogens is 252 g/mol. The summed E-state index contributed by atoms with van der Waals surface area (Å²) in [6.45, 7) is 3.31. The Morgan fingerprint density at radius 3 is 2.61 bits per heavy atom. The number of carbonyl (C=O) groups excluding carboxylic acids is 1. The van der Waals surface area contributed by atoms with Crippen molar-refractivity contribution < 1.29 is 9.63 Å². The van der Waals surface area contributed by atoms with Gasteiger partial charge in [0.25, 0.3) is 5.91 Å². The summed E-state index contributed by atoms with van der Waals surface area (Å²) in [4.78, 5) is 15.6. The van der Waals surface area contributed by atoms with E-state index in [-0.39, 0.29) is 0 Å². The number of rotatable bonds is 5. The molecule has 0 saturated heterocycles. The van der Waals surface area contributed by atoms with Gasteiger partial charge in [-0.15, -0.1) is 0 Å². The van der Waals surface area contributed by atoms with Crippen LogP contribution < -0.4 is 5.73 Å². The maximum atomic E-state index is 10.7. The quantitative estimate of drug-likeness (QED) is 0.658. The van der Waals surface area contributed by atoms with E-state index in [0.717, 1.165) is 5.56 Å². The van der Waals surface area contributed by atoms with Crippen LogP contribution in [0.4, 0.5) is 0 Å². The first-order chi connectivity index (χ1) is 8.49. The van der Waals surface area contributed by atoms with Crippen molar-refractivity contribution in [1.29, 1.82) is 0 Å². The molecule has 4 nitrogen and oxygen atoms in total. The Hall–Kier alpha value is -1.81. The molecule has 1 amide bonds. The van der Waals surface area contributed by atoms with Crippen molar-refractivity contribution in [2.24, 2.45) is 10.9 Å². The summed E-state index contributed by atoms with van der Waals surface area (Å²) in [5, 5.41) is 4.47. The lowest BCUT2D eigenvalue weighted by Crippen LogP contribution is -2.26. The zero-order chi connectivity index (χ0) is 13.5. The van der Waals surface area contributed by atoms with Gasteiger partial charge in [0.15, 0.2) is 0 Å². The number of amides is 1. The van der Waals surface area contributed by atoms with Crippen molar-refractivity contribution in [1.82, 2.24) is 0 Å². The lowest BCUT2D eigenvalue weighted by atomic mass is 10.2. The Bertz CT molecular complexity index is 466. The van der Waals surface area contributed by atoms with Crippen LogP contribution in [0.2, 0.25) is 5.02 Å². The van der Waals surface area contributed by atoms with Crippen LogP contribution in [-0.2, 0) is 9.63 Å². The summed E-state index contributed by atoms with van der Waals surface area (Å²) in [5.41, 5.74) is 6.67. The van der Waals surface area contributed by atoms with E-state index >= 15 is 0 Å². The molecule has 1 unspecified atom stereocenters. The molecule has 1 atom stereocenters. The molecule has 0 spiro atoms. The SMILES string of the molecule is CC(/C=C/c1ccc(Cl)cc1)=N\OC(C)C(N)=O. The van der Waals surface area contributed by atoms with E-state index < -0.39 is 12.0 Å². The third-order valence-electron chi connectivity index (χ3n) is 2.14. The number of hydrogen-bond acceptors (Lipinski definition) is 3. The van der Waals surface area contributed by atoms with Gasteiger partial charge < -0.3 is 10.6 Å². The van der Waals surface area contributed by atoms with Crippen molar-refractivity contribution in [3.8, 4) is 0 Å². The largest absolute Gasteiger partial charge is 0.382 e. The second-order valence-electron chi connectivity index (χ2n) is 3.77. The van der Waals surface area contributed by atoms with E-state index in [1.54, 1.807) is 32.1 Å². The molecule has 96 valence electrons. The van der Waals surface area contributed by atoms with Crippen LogP contribution in [0.3, 0.4) is 0 Å².